The van der Waals surface area contributed by atoms with Crippen LogP contribution in [0.15, 0.2) is 23.2 Å². The predicted molar refractivity (Wildman–Crippen MR) is 94.4 cm³/mol. The van der Waals surface area contributed by atoms with Crippen LogP contribution in [0.4, 0.5) is 0 Å². The molecular formula is C15H26IN3. The van der Waals surface area contributed by atoms with Gasteiger partial charge in [0.05, 0.1) is 0 Å². The quantitative estimate of drug-likeness (QED) is 0.472. The average molecular weight is 375 g/mol. The third kappa shape index (κ3) is 6.80. The Bertz CT molecular complexity index is 416. The van der Waals surface area contributed by atoms with Crippen molar-refractivity contribution in [2.24, 2.45) is 10.7 Å². The third-order valence-electron chi connectivity index (χ3n) is 3.17. The standard InChI is InChI=1S/C15H25N3.HI/c1-5-13(4)18-15(16)17-9-8-14-7-6-11(2)10-12(14)3;/h6-7,10,13H,5,8-9H2,1-4H3,(H3,16,17,18);1H. The van der Waals surface area contributed by atoms with Gasteiger partial charge in [-0.1, -0.05) is 30.7 Å². The smallest absolute Gasteiger partial charge is 0.188 e. The molecule has 0 heterocycles. The Kier molecular flexibility index (Phi) is 8.80. The molecule has 0 saturated heterocycles. The number of nitrogens with two attached hydrogens (primary N) is 1. The second kappa shape index (κ2) is 9.18. The van der Waals surface area contributed by atoms with Crippen LogP contribution in [0.25, 0.3) is 0 Å². The molecule has 0 fully saturated rings. The van der Waals surface area contributed by atoms with Crippen molar-refractivity contribution in [3.8, 4) is 0 Å². The van der Waals surface area contributed by atoms with Crippen molar-refractivity contribution >= 4 is 29.9 Å². The summed E-state index contributed by atoms with van der Waals surface area (Å²) in [6.45, 7) is 9.22. The highest BCUT2D eigenvalue weighted by atomic mass is 127. The van der Waals surface area contributed by atoms with E-state index in [4.69, 9.17) is 5.73 Å². The van der Waals surface area contributed by atoms with Gasteiger partial charge in [-0.05, 0) is 44.7 Å². The van der Waals surface area contributed by atoms with Gasteiger partial charge >= 0.3 is 0 Å². The van der Waals surface area contributed by atoms with E-state index in [0.717, 1.165) is 19.4 Å². The van der Waals surface area contributed by atoms with Crippen LogP contribution in [0.1, 0.15) is 37.0 Å². The van der Waals surface area contributed by atoms with Crippen LogP contribution in [0.2, 0.25) is 0 Å². The van der Waals surface area contributed by atoms with Crippen molar-refractivity contribution in [1.82, 2.24) is 5.32 Å². The van der Waals surface area contributed by atoms with E-state index >= 15 is 0 Å². The number of halogens is 1. The molecule has 1 unspecified atom stereocenters. The zero-order valence-corrected chi connectivity index (χ0v) is 14.7. The van der Waals surface area contributed by atoms with Crippen LogP contribution < -0.4 is 11.1 Å². The summed E-state index contributed by atoms with van der Waals surface area (Å²) in [6.07, 6.45) is 1.99. The number of nitrogens with one attached hydrogen (secondary N) is 1. The number of guanidine groups is 1. The minimum Gasteiger partial charge on any atom is -0.370 e. The molecule has 0 aliphatic carbocycles. The first kappa shape index (κ1) is 18.2. The van der Waals surface area contributed by atoms with Gasteiger partial charge < -0.3 is 11.1 Å². The highest BCUT2D eigenvalue weighted by molar-refractivity contribution is 14.0. The summed E-state index contributed by atoms with van der Waals surface area (Å²) < 4.78 is 0. The fourth-order valence-corrected chi connectivity index (χ4v) is 1.82. The third-order valence-corrected chi connectivity index (χ3v) is 3.17. The molecule has 1 aromatic carbocycles. The molecular weight excluding hydrogens is 349 g/mol. The van der Waals surface area contributed by atoms with E-state index in [0.29, 0.717) is 12.0 Å². The van der Waals surface area contributed by atoms with E-state index in [2.05, 4.69) is 56.2 Å². The largest absolute Gasteiger partial charge is 0.370 e. The van der Waals surface area contributed by atoms with E-state index in [1.54, 1.807) is 0 Å². The Morgan fingerprint density at radius 2 is 2.05 bits per heavy atom. The number of aliphatic imine (C=N–C) groups is 1. The number of hydrogen-bond acceptors (Lipinski definition) is 1. The van der Waals surface area contributed by atoms with E-state index in [1.165, 1.54) is 16.7 Å². The van der Waals surface area contributed by atoms with E-state index in [9.17, 15) is 0 Å². The molecule has 19 heavy (non-hydrogen) atoms. The number of rotatable bonds is 5. The van der Waals surface area contributed by atoms with Crippen molar-refractivity contribution in [2.45, 2.75) is 46.6 Å². The normalized spacial score (nSPS) is 12.7. The maximum absolute atomic E-state index is 5.82. The molecule has 0 radical (unpaired) electrons. The van der Waals surface area contributed by atoms with Crippen LogP contribution >= 0.6 is 24.0 Å². The average Bonchev–Trinajstić information content (AvgIpc) is 2.31. The van der Waals surface area contributed by atoms with Gasteiger partial charge in [0, 0.05) is 12.6 Å². The van der Waals surface area contributed by atoms with Gasteiger partial charge in [-0.15, -0.1) is 24.0 Å². The molecule has 3 nitrogen and oxygen atoms in total. The zero-order valence-electron chi connectivity index (χ0n) is 12.4. The second-order valence-electron chi connectivity index (χ2n) is 4.90. The summed E-state index contributed by atoms with van der Waals surface area (Å²) in [5, 5.41) is 3.17. The summed E-state index contributed by atoms with van der Waals surface area (Å²) in [6, 6.07) is 6.92. The Hall–Kier alpha value is -0.780. The number of benzene rings is 1. The second-order valence-corrected chi connectivity index (χ2v) is 4.90. The summed E-state index contributed by atoms with van der Waals surface area (Å²) in [7, 11) is 0. The maximum Gasteiger partial charge on any atom is 0.188 e. The van der Waals surface area contributed by atoms with Crippen LogP contribution in [0.5, 0.6) is 0 Å². The fraction of sp³-hybridized carbons (Fsp3) is 0.533. The van der Waals surface area contributed by atoms with Gasteiger partial charge in [0.2, 0.25) is 0 Å². The molecule has 0 saturated carbocycles. The summed E-state index contributed by atoms with van der Waals surface area (Å²) in [5.74, 6) is 0.550. The van der Waals surface area contributed by atoms with Gasteiger partial charge in [-0.25, -0.2) is 0 Å². The lowest BCUT2D eigenvalue weighted by Gasteiger charge is -2.11. The van der Waals surface area contributed by atoms with Gasteiger partial charge in [0.15, 0.2) is 5.96 Å². The highest BCUT2D eigenvalue weighted by Crippen LogP contribution is 2.11. The summed E-state index contributed by atoms with van der Waals surface area (Å²) in [5.41, 5.74) is 9.80. The van der Waals surface area contributed by atoms with Crippen molar-refractivity contribution < 1.29 is 0 Å². The van der Waals surface area contributed by atoms with Gasteiger partial charge in [-0.3, -0.25) is 4.99 Å². The number of hydrogen-bond donors (Lipinski definition) is 2. The highest BCUT2D eigenvalue weighted by Gasteiger charge is 2.00. The van der Waals surface area contributed by atoms with Crippen molar-refractivity contribution in [3.63, 3.8) is 0 Å². The lowest BCUT2D eigenvalue weighted by molar-refractivity contribution is 0.636. The molecule has 0 amide bonds. The lowest BCUT2D eigenvalue weighted by atomic mass is 10.0. The lowest BCUT2D eigenvalue weighted by Crippen LogP contribution is -2.38. The van der Waals surface area contributed by atoms with Crippen LogP contribution in [0.3, 0.4) is 0 Å². The Balaban J connectivity index is 0.00000324. The number of nitrogens with zero attached hydrogens (tertiary/aromatic N) is 1. The summed E-state index contributed by atoms with van der Waals surface area (Å²) >= 11 is 0. The molecule has 0 aromatic heterocycles. The minimum atomic E-state index is 0. The molecule has 0 aliphatic rings. The van der Waals surface area contributed by atoms with Gasteiger partial charge in [-0.2, -0.15) is 0 Å². The van der Waals surface area contributed by atoms with Gasteiger partial charge in [0.1, 0.15) is 0 Å². The topological polar surface area (TPSA) is 50.4 Å². The van der Waals surface area contributed by atoms with Gasteiger partial charge in [0.25, 0.3) is 0 Å². The molecule has 4 heteroatoms. The van der Waals surface area contributed by atoms with E-state index in [1.807, 2.05) is 0 Å². The fourth-order valence-electron chi connectivity index (χ4n) is 1.82. The van der Waals surface area contributed by atoms with Crippen LogP contribution in [-0.2, 0) is 6.42 Å². The van der Waals surface area contributed by atoms with Crippen LogP contribution in [0, 0.1) is 13.8 Å². The minimum absolute atomic E-state index is 0. The van der Waals surface area contributed by atoms with Crippen LogP contribution in [-0.4, -0.2) is 18.5 Å². The Morgan fingerprint density at radius 3 is 2.63 bits per heavy atom. The van der Waals surface area contributed by atoms with Crippen molar-refractivity contribution in [3.05, 3.63) is 34.9 Å². The summed E-state index contributed by atoms with van der Waals surface area (Å²) in [4.78, 5) is 4.35. The molecule has 0 spiro atoms. The van der Waals surface area contributed by atoms with E-state index < -0.39 is 0 Å². The first-order valence-corrected chi connectivity index (χ1v) is 6.65. The molecule has 108 valence electrons. The predicted octanol–water partition coefficient (Wildman–Crippen LogP) is 3.17. The molecule has 1 rings (SSSR count). The zero-order chi connectivity index (χ0) is 13.5. The first-order chi connectivity index (χ1) is 8.52. The molecule has 3 N–H and O–H groups in total. The molecule has 0 bridgehead atoms. The first-order valence-electron chi connectivity index (χ1n) is 6.65. The molecule has 0 aliphatic heterocycles. The monoisotopic (exact) mass is 375 g/mol. The molecule has 1 atom stereocenters. The Morgan fingerprint density at radius 1 is 1.37 bits per heavy atom. The Labute approximate surface area is 134 Å². The van der Waals surface area contributed by atoms with E-state index in [-0.39, 0.29) is 24.0 Å². The SMILES string of the molecule is CCC(C)NC(N)=NCCc1ccc(C)cc1C.I. The molecule has 1 aromatic rings. The maximum atomic E-state index is 5.82. The number of aryl methyl sites for hydroxylation is 2. The van der Waals surface area contributed by atoms with Crippen molar-refractivity contribution in [2.75, 3.05) is 6.54 Å². The van der Waals surface area contributed by atoms with Crippen molar-refractivity contribution in [1.29, 1.82) is 0 Å².